The van der Waals surface area contributed by atoms with Gasteiger partial charge in [-0.1, -0.05) is 13.3 Å². The molecule has 0 aromatic heterocycles. The van der Waals surface area contributed by atoms with Gasteiger partial charge in [-0.15, -0.1) is 0 Å². The van der Waals surface area contributed by atoms with E-state index in [9.17, 15) is 4.79 Å². The van der Waals surface area contributed by atoms with Gasteiger partial charge in [0.25, 0.3) is 0 Å². The van der Waals surface area contributed by atoms with Crippen molar-refractivity contribution in [2.75, 3.05) is 19.6 Å². The summed E-state index contributed by atoms with van der Waals surface area (Å²) in [5, 5.41) is 6.22. The maximum atomic E-state index is 11.6. The average Bonchev–Trinajstić information content (AvgIpc) is 2.00. The lowest BCUT2D eigenvalue weighted by atomic mass is 9.67. The lowest BCUT2D eigenvalue weighted by Crippen LogP contribution is -2.53. The Hall–Kier alpha value is -0.570. The van der Waals surface area contributed by atoms with Crippen molar-refractivity contribution in [3.63, 3.8) is 0 Å². The third-order valence-electron chi connectivity index (χ3n) is 3.95. The van der Waals surface area contributed by atoms with Crippen molar-refractivity contribution in [3.8, 4) is 0 Å². The maximum absolute atomic E-state index is 11.6. The van der Waals surface area contributed by atoms with Gasteiger partial charge < -0.3 is 10.6 Å². The molecule has 2 aliphatic rings. The van der Waals surface area contributed by atoms with Crippen molar-refractivity contribution in [1.82, 2.24) is 10.6 Å². The molecule has 1 aliphatic heterocycles. The van der Waals surface area contributed by atoms with Crippen LogP contribution in [0.1, 0.15) is 32.6 Å². The van der Waals surface area contributed by atoms with Gasteiger partial charge in [0.05, 0.1) is 5.92 Å². The molecule has 1 amide bonds. The highest BCUT2D eigenvalue weighted by Crippen LogP contribution is 2.43. The second-order valence-corrected chi connectivity index (χ2v) is 4.78. The van der Waals surface area contributed by atoms with Gasteiger partial charge in [-0.3, -0.25) is 4.79 Å². The lowest BCUT2D eigenvalue weighted by Gasteiger charge is -2.42. The molecule has 1 heterocycles. The molecule has 2 N–H and O–H groups in total. The first-order valence-electron chi connectivity index (χ1n) is 5.74. The van der Waals surface area contributed by atoms with E-state index >= 15 is 0 Å². The summed E-state index contributed by atoms with van der Waals surface area (Å²) in [4.78, 5) is 11.6. The number of carbonyl (C=O) groups excluding carboxylic acids is 1. The molecule has 0 aromatic rings. The molecule has 2 rings (SSSR count). The number of hydrogen-bond donors (Lipinski definition) is 2. The first kappa shape index (κ1) is 9.97. The van der Waals surface area contributed by atoms with E-state index in [-0.39, 0.29) is 11.8 Å². The zero-order valence-corrected chi connectivity index (χ0v) is 8.94. The predicted molar refractivity (Wildman–Crippen MR) is 55.9 cm³/mol. The molecule has 0 atom stereocenters. The molecule has 0 unspecified atom stereocenters. The maximum Gasteiger partial charge on any atom is 0.225 e. The molecular weight excluding hydrogens is 176 g/mol. The van der Waals surface area contributed by atoms with E-state index in [0.29, 0.717) is 5.41 Å². The van der Waals surface area contributed by atoms with Gasteiger partial charge in [0.15, 0.2) is 0 Å². The van der Waals surface area contributed by atoms with E-state index in [4.69, 9.17) is 0 Å². The van der Waals surface area contributed by atoms with E-state index in [0.717, 1.165) is 19.6 Å². The van der Waals surface area contributed by atoms with Gasteiger partial charge in [0, 0.05) is 19.6 Å². The number of nitrogens with one attached hydrogen (secondary N) is 2. The van der Waals surface area contributed by atoms with Crippen molar-refractivity contribution >= 4 is 5.91 Å². The third kappa shape index (κ3) is 1.78. The average molecular weight is 196 g/mol. The van der Waals surface area contributed by atoms with E-state index in [1.807, 2.05) is 0 Å². The predicted octanol–water partition coefficient (Wildman–Crippen LogP) is 0.902. The molecule has 14 heavy (non-hydrogen) atoms. The van der Waals surface area contributed by atoms with E-state index in [2.05, 4.69) is 17.6 Å². The first-order valence-corrected chi connectivity index (χ1v) is 5.74. The van der Waals surface area contributed by atoms with E-state index in [1.165, 1.54) is 25.7 Å². The SMILES string of the molecule is CCC1(CNC(=O)C2CNC2)CCC1. The van der Waals surface area contributed by atoms with Crippen LogP contribution in [0.2, 0.25) is 0 Å². The molecule has 0 aromatic carbocycles. The second kappa shape index (κ2) is 3.89. The van der Waals surface area contributed by atoms with Gasteiger partial charge in [-0.2, -0.15) is 0 Å². The molecule has 0 bridgehead atoms. The Labute approximate surface area is 85.6 Å². The monoisotopic (exact) mass is 196 g/mol. The summed E-state index contributed by atoms with van der Waals surface area (Å²) in [5.74, 6) is 0.493. The summed E-state index contributed by atoms with van der Waals surface area (Å²) in [6.45, 7) is 4.87. The summed E-state index contributed by atoms with van der Waals surface area (Å²) in [5.41, 5.74) is 0.451. The molecule has 0 radical (unpaired) electrons. The summed E-state index contributed by atoms with van der Waals surface area (Å²) >= 11 is 0. The Morgan fingerprint density at radius 2 is 2.21 bits per heavy atom. The quantitative estimate of drug-likeness (QED) is 0.701. The smallest absolute Gasteiger partial charge is 0.225 e. The highest BCUT2D eigenvalue weighted by atomic mass is 16.2. The van der Waals surface area contributed by atoms with E-state index < -0.39 is 0 Å². The van der Waals surface area contributed by atoms with Gasteiger partial charge in [-0.25, -0.2) is 0 Å². The topological polar surface area (TPSA) is 41.1 Å². The Kier molecular flexibility index (Phi) is 2.77. The van der Waals surface area contributed by atoms with Gasteiger partial charge in [0.2, 0.25) is 5.91 Å². The molecule has 2 fully saturated rings. The lowest BCUT2D eigenvalue weighted by molar-refractivity contribution is -0.127. The van der Waals surface area contributed by atoms with Crippen LogP contribution in [0.3, 0.4) is 0 Å². The van der Waals surface area contributed by atoms with Crippen LogP contribution < -0.4 is 10.6 Å². The molecule has 3 heteroatoms. The number of carbonyl (C=O) groups is 1. The van der Waals surface area contributed by atoms with Crippen LogP contribution in [0.4, 0.5) is 0 Å². The minimum absolute atomic E-state index is 0.240. The third-order valence-corrected chi connectivity index (χ3v) is 3.95. The Balaban J connectivity index is 1.72. The standard InChI is InChI=1S/C11H20N2O/c1-2-11(4-3-5-11)8-13-10(14)9-6-12-7-9/h9,12H,2-8H2,1H3,(H,13,14). The van der Waals surface area contributed by atoms with Crippen LogP contribution in [-0.2, 0) is 4.79 Å². The largest absolute Gasteiger partial charge is 0.355 e. The molecule has 80 valence electrons. The summed E-state index contributed by atoms with van der Waals surface area (Å²) in [7, 11) is 0. The fourth-order valence-electron chi connectivity index (χ4n) is 2.23. The zero-order valence-electron chi connectivity index (χ0n) is 8.94. The van der Waals surface area contributed by atoms with Crippen LogP contribution >= 0.6 is 0 Å². The molecule has 3 nitrogen and oxygen atoms in total. The second-order valence-electron chi connectivity index (χ2n) is 4.78. The van der Waals surface area contributed by atoms with Crippen molar-refractivity contribution in [3.05, 3.63) is 0 Å². The zero-order chi connectivity index (χ0) is 10.0. The Bertz CT molecular complexity index is 214. The number of hydrogen-bond acceptors (Lipinski definition) is 2. The van der Waals surface area contributed by atoms with Crippen molar-refractivity contribution in [2.45, 2.75) is 32.6 Å². The molecule has 1 saturated carbocycles. The van der Waals surface area contributed by atoms with E-state index in [1.54, 1.807) is 0 Å². The number of rotatable bonds is 4. The highest BCUT2D eigenvalue weighted by Gasteiger charge is 2.36. The summed E-state index contributed by atoms with van der Waals surface area (Å²) in [6, 6.07) is 0. The number of amides is 1. The van der Waals surface area contributed by atoms with Crippen molar-refractivity contribution in [2.24, 2.45) is 11.3 Å². The molecule has 1 saturated heterocycles. The first-order chi connectivity index (χ1) is 6.76. The fraction of sp³-hybridized carbons (Fsp3) is 0.909. The molecule has 0 spiro atoms. The molecular formula is C11H20N2O. The van der Waals surface area contributed by atoms with Crippen molar-refractivity contribution < 1.29 is 4.79 Å². The van der Waals surface area contributed by atoms with Crippen LogP contribution in [0, 0.1) is 11.3 Å². The Morgan fingerprint density at radius 1 is 1.50 bits per heavy atom. The van der Waals surface area contributed by atoms with Gasteiger partial charge >= 0.3 is 0 Å². The van der Waals surface area contributed by atoms with Gasteiger partial charge in [0.1, 0.15) is 0 Å². The van der Waals surface area contributed by atoms with Gasteiger partial charge in [-0.05, 0) is 24.7 Å². The fourth-order valence-corrected chi connectivity index (χ4v) is 2.23. The van der Waals surface area contributed by atoms with Crippen LogP contribution in [-0.4, -0.2) is 25.5 Å². The summed E-state index contributed by atoms with van der Waals surface area (Å²) in [6.07, 6.45) is 5.14. The minimum atomic E-state index is 0.240. The normalized spacial score (nSPS) is 24.9. The van der Waals surface area contributed by atoms with Crippen LogP contribution in [0.25, 0.3) is 0 Å². The minimum Gasteiger partial charge on any atom is -0.355 e. The molecule has 1 aliphatic carbocycles. The van der Waals surface area contributed by atoms with Crippen molar-refractivity contribution in [1.29, 1.82) is 0 Å². The highest BCUT2D eigenvalue weighted by molar-refractivity contribution is 5.80. The summed E-state index contributed by atoms with van der Waals surface area (Å²) < 4.78 is 0. The van der Waals surface area contributed by atoms with Crippen LogP contribution in [0.5, 0.6) is 0 Å². The Morgan fingerprint density at radius 3 is 2.57 bits per heavy atom. The van der Waals surface area contributed by atoms with Crippen LogP contribution in [0.15, 0.2) is 0 Å².